The van der Waals surface area contributed by atoms with Crippen LogP contribution in [0.4, 0.5) is 16.3 Å². The number of carbonyl (C=O) groups excluding carboxylic acids is 2. The third-order valence-electron chi connectivity index (χ3n) is 3.71. The van der Waals surface area contributed by atoms with E-state index in [-0.39, 0.29) is 23.7 Å². The highest BCUT2D eigenvalue weighted by Crippen LogP contribution is 2.25. The molecule has 0 radical (unpaired) electrons. The number of nitrogen functional groups attached to an aromatic ring is 1. The molecule has 9 nitrogen and oxygen atoms in total. The molecule has 0 aliphatic carbocycles. The molecule has 0 fully saturated rings. The maximum atomic E-state index is 12.9. The number of urea groups is 1. The van der Waals surface area contributed by atoms with Crippen molar-refractivity contribution in [3.63, 3.8) is 0 Å². The normalized spacial score (nSPS) is 10.9. The van der Waals surface area contributed by atoms with Gasteiger partial charge in [-0.3, -0.25) is 9.78 Å². The number of ketones is 1. The number of nitrogens with zero attached hydrogens (tertiary/aromatic N) is 4. The molecular formula is C17H19N7O2. The van der Waals surface area contributed by atoms with Crippen LogP contribution in [0.5, 0.6) is 0 Å². The molecular weight excluding hydrogens is 334 g/mol. The Morgan fingerprint density at radius 2 is 2.00 bits per heavy atom. The Morgan fingerprint density at radius 1 is 1.23 bits per heavy atom. The molecule has 0 saturated heterocycles. The van der Waals surface area contributed by atoms with Crippen molar-refractivity contribution in [3.05, 3.63) is 42.1 Å². The second-order valence-corrected chi connectivity index (χ2v) is 6.16. The Morgan fingerprint density at radius 3 is 2.73 bits per heavy atom. The summed E-state index contributed by atoms with van der Waals surface area (Å²) in [7, 11) is 1.78. The SMILES string of the molecule is CC(C)NC(=O)Nc1cncc(C(=O)c2cn(C)c3ncnc(N)c23)c1. The summed E-state index contributed by atoms with van der Waals surface area (Å²) in [5.41, 5.74) is 7.62. The Bertz CT molecular complexity index is 994. The van der Waals surface area contributed by atoms with Gasteiger partial charge in [0.15, 0.2) is 5.78 Å². The molecule has 4 N–H and O–H groups in total. The van der Waals surface area contributed by atoms with E-state index < -0.39 is 0 Å². The van der Waals surface area contributed by atoms with Crippen molar-refractivity contribution >= 4 is 34.4 Å². The summed E-state index contributed by atoms with van der Waals surface area (Å²) in [5, 5.41) is 5.86. The largest absolute Gasteiger partial charge is 0.383 e. The molecule has 0 unspecified atom stereocenters. The predicted molar refractivity (Wildman–Crippen MR) is 97.9 cm³/mol. The van der Waals surface area contributed by atoms with E-state index in [9.17, 15) is 9.59 Å². The summed E-state index contributed by atoms with van der Waals surface area (Å²) < 4.78 is 1.71. The molecule has 3 rings (SSSR count). The van der Waals surface area contributed by atoms with Crippen molar-refractivity contribution in [3.8, 4) is 0 Å². The van der Waals surface area contributed by atoms with Gasteiger partial charge in [-0.05, 0) is 19.9 Å². The number of rotatable bonds is 4. The zero-order valence-corrected chi connectivity index (χ0v) is 14.6. The predicted octanol–water partition coefficient (Wildman–Crippen LogP) is 1.71. The van der Waals surface area contributed by atoms with Gasteiger partial charge in [0.2, 0.25) is 0 Å². The Kier molecular flexibility index (Phi) is 4.53. The molecule has 0 spiro atoms. The van der Waals surface area contributed by atoms with Crippen LogP contribution in [0.25, 0.3) is 11.0 Å². The fraction of sp³-hybridized carbons (Fsp3) is 0.235. The van der Waals surface area contributed by atoms with Crippen LogP contribution in [-0.2, 0) is 7.05 Å². The van der Waals surface area contributed by atoms with E-state index >= 15 is 0 Å². The van der Waals surface area contributed by atoms with Crippen LogP contribution < -0.4 is 16.4 Å². The lowest BCUT2D eigenvalue weighted by Crippen LogP contribution is -2.34. The number of amides is 2. The number of nitrogens with one attached hydrogen (secondary N) is 2. The van der Waals surface area contributed by atoms with Crippen molar-refractivity contribution in [2.75, 3.05) is 11.1 Å². The van der Waals surface area contributed by atoms with Crippen molar-refractivity contribution in [2.24, 2.45) is 7.05 Å². The van der Waals surface area contributed by atoms with Crippen LogP contribution in [-0.4, -0.2) is 37.4 Å². The number of nitrogens with two attached hydrogens (primary N) is 1. The van der Waals surface area contributed by atoms with Crippen LogP contribution in [0.1, 0.15) is 29.8 Å². The van der Waals surface area contributed by atoms with Crippen LogP contribution >= 0.6 is 0 Å². The minimum Gasteiger partial charge on any atom is -0.383 e. The van der Waals surface area contributed by atoms with Gasteiger partial charge >= 0.3 is 6.03 Å². The first-order valence-corrected chi connectivity index (χ1v) is 7.99. The molecule has 2 amide bonds. The number of aromatic nitrogens is 4. The molecule has 26 heavy (non-hydrogen) atoms. The minimum absolute atomic E-state index is 0.00793. The van der Waals surface area contributed by atoms with Gasteiger partial charge in [-0.25, -0.2) is 14.8 Å². The van der Waals surface area contributed by atoms with E-state index in [1.54, 1.807) is 23.9 Å². The summed E-state index contributed by atoms with van der Waals surface area (Å²) in [6, 6.07) is 1.19. The van der Waals surface area contributed by atoms with E-state index in [1.807, 2.05) is 13.8 Å². The summed E-state index contributed by atoms with van der Waals surface area (Å²) in [6.45, 7) is 3.70. The smallest absolute Gasteiger partial charge is 0.319 e. The minimum atomic E-state index is -0.366. The number of anilines is 2. The van der Waals surface area contributed by atoms with Gasteiger partial charge in [-0.1, -0.05) is 0 Å². The monoisotopic (exact) mass is 353 g/mol. The highest BCUT2D eigenvalue weighted by atomic mass is 16.2. The quantitative estimate of drug-likeness (QED) is 0.613. The zero-order valence-electron chi connectivity index (χ0n) is 14.6. The molecule has 134 valence electrons. The number of pyridine rings is 1. The summed E-state index contributed by atoms with van der Waals surface area (Å²) in [5.74, 6) is -0.0463. The van der Waals surface area contributed by atoms with E-state index in [4.69, 9.17) is 5.73 Å². The fourth-order valence-corrected chi connectivity index (χ4v) is 2.62. The van der Waals surface area contributed by atoms with Gasteiger partial charge in [0.25, 0.3) is 0 Å². The number of hydrogen-bond donors (Lipinski definition) is 3. The highest BCUT2D eigenvalue weighted by molar-refractivity contribution is 6.18. The topological polar surface area (TPSA) is 128 Å². The van der Waals surface area contributed by atoms with Gasteiger partial charge in [0.05, 0.1) is 22.8 Å². The van der Waals surface area contributed by atoms with Gasteiger partial charge in [0.1, 0.15) is 17.8 Å². The third-order valence-corrected chi connectivity index (χ3v) is 3.71. The molecule has 0 bridgehead atoms. The first-order chi connectivity index (χ1) is 12.4. The van der Waals surface area contributed by atoms with Crippen molar-refractivity contribution in [2.45, 2.75) is 19.9 Å². The molecule has 9 heteroatoms. The highest BCUT2D eigenvalue weighted by Gasteiger charge is 2.20. The number of carbonyl (C=O) groups is 2. The average molecular weight is 353 g/mol. The first-order valence-electron chi connectivity index (χ1n) is 7.99. The maximum absolute atomic E-state index is 12.9. The van der Waals surface area contributed by atoms with Gasteiger partial charge < -0.3 is 20.9 Å². The lowest BCUT2D eigenvalue weighted by molar-refractivity contribution is 0.103. The molecule has 3 aromatic heterocycles. The van der Waals surface area contributed by atoms with E-state index in [1.165, 1.54) is 18.7 Å². The lowest BCUT2D eigenvalue weighted by Gasteiger charge is -2.10. The molecule has 0 saturated carbocycles. The standard InChI is InChI=1S/C17H19N7O2/c1-9(2)22-17(26)23-11-4-10(5-19-6-11)14(25)12-7-24(3)16-13(12)15(18)20-8-21-16/h4-9H,1-3H3,(H2,18,20,21)(H2,22,23,26). The molecule has 0 aromatic carbocycles. The molecule has 0 aliphatic heterocycles. The van der Waals surface area contributed by atoms with Gasteiger partial charge in [-0.15, -0.1) is 0 Å². The number of hydrogen-bond acceptors (Lipinski definition) is 6. The Hall–Kier alpha value is -3.49. The van der Waals surface area contributed by atoms with Crippen molar-refractivity contribution in [1.29, 1.82) is 0 Å². The van der Waals surface area contributed by atoms with E-state index in [0.29, 0.717) is 27.8 Å². The Balaban J connectivity index is 1.94. The summed E-state index contributed by atoms with van der Waals surface area (Å²) >= 11 is 0. The third kappa shape index (κ3) is 3.32. The second kappa shape index (κ2) is 6.79. The van der Waals surface area contributed by atoms with Gasteiger partial charge in [0, 0.05) is 31.0 Å². The van der Waals surface area contributed by atoms with Crippen LogP contribution in [0.15, 0.2) is 31.0 Å². The summed E-state index contributed by atoms with van der Waals surface area (Å²) in [4.78, 5) is 36.9. The molecule has 3 aromatic rings. The maximum Gasteiger partial charge on any atom is 0.319 e. The average Bonchev–Trinajstić information content (AvgIpc) is 2.92. The van der Waals surface area contributed by atoms with Crippen LogP contribution in [0.2, 0.25) is 0 Å². The van der Waals surface area contributed by atoms with Crippen LogP contribution in [0, 0.1) is 0 Å². The van der Waals surface area contributed by atoms with E-state index in [0.717, 1.165) is 0 Å². The van der Waals surface area contributed by atoms with Crippen molar-refractivity contribution < 1.29 is 9.59 Å². The Labute approximate surface area is 149 Å². The summed E-state index contributed by atoms with van der Waals surface area (Å²) in [6.07, 6.45) is 5.92. The van der Waals surface area contributed by atoms with Crippen molar-refractivity contribution in [1.82, 2.24) is 24.8 Å². The second-order valence-electron chi connectivity index (χ2n) is 6.16. The first kappa shape index (κ1) is 17.3. The van der Waals surface area contributed by atoms with E-state index in [2.05, 4.69) is 25.6 Å². The van der Waals surface area contributed by atoms with Crippen LogP contribution in [0.3, 0.4) is 0 Å². The molecule has 3 heterocycles. The van der Waals surface area contributed by atoms with Gasteiger partial charge in [-0.2, -0.15) is 0 Å². The molecule has 0 aliphatic rings. The number of fused-ring (bicyclic) bond motifs is 1. The zero-order chi connectivity index (χ0) is 18.8. The molecule has 0 atom stereocenters. The fourth-order valence-electron chi connectivity index (χ4n) is 2.62. The number of aryl methyl sites for hydroxylation is 1. The lowest BCUT2D eigenvalue weighted by atomic mass is 10.1.